The molecule has 0 fully saturated rings. The minimum Gasteiger partial charge on any atom is -0.469 e. The minimum absolute atomic E-state index is 0.00348. The van der Waals surface area contributed by atoms with Gasteiger partial charge in [-0.3, -0.25) is 4.79 Å². The molecule has 0 saturated heterocycles. The van der Waals surface area contributed by atoms with E-state index in [9.17, 15) is 4.79 Å². The molecule has 0 aromatic heterocycles. The highest BCUT2D eigenvalue weighted by Gasteiger charge is 2.22. The van der Waals surface area contributed by atoms with E-state index in [4.69, 9.17) is 16.3 Å². The van der Waals surface area contributed by atoms with Gasteiger partial charge in [-0.05, 0) is 31.5 Å². The Kier molecular flexibility index (Phi) is 7.42. The van der Waals surface area contributed by atoms with E-state index in [-0.39, 0.29) is 35.2 Å². The summed E-state index contributed by atoms with van der Waals surface area (Å²) in [5, 5.41) is 3.46. The lowest BCUT2D eigenvalue weighted by atomic mass is 10.0. The molecule has 2 rings (SSSR count). The third kappa shape index (κ3) is 5.19. The first-order valence-electron chi connectivity index (χ1n) is 8.49. The molecule has 0 aliphatic rings. The van der Waals surface area contributed by atoms with Gasteiger partial charge in [0.1, 0.15) is 5.75 Å². The van der Waals surface area contributed by atoms with Crippen molar-refractivity contribution in [2.75, 3.05) is 7.11 Å². The first-order chi connectivity index (χ1) is 12.5. The van der Waals surface area contributed by atoms with E-state index in [1.807, 2.05) is 19.9 Å². The van der Waals surface area contributed by atoms with E-state index in [2.05, 4.69) is 10.1 Å². The molecule has 0 saturated carbocycles. The van der Waals surface area contributed by atoms with E-state index in [0.29, 0.717) is 17.7 Å². The van der Waals surface area contributed by atoms with Crippen LogP contribution in [0.3, 0.4) is 0 Å². The number of nitrogens with one attached hydrogen (secondary N) is 1. The lowest BCUT2D eigenvalue weighted by Gasteiger charge is -2.23. The number of halogens is 2. The molecule has 0 heterocycles. The molecule has 2 unspecified atom stereocenters. The number of hydrogen-bond donors (Lipinski definition) is 1. The number of rotatable bonds is 8. The zero-order chi connectivity index (χ0) is 19.1. The summed E-state index contributed by atoms with van der Waals surface area (Å²) in [4.78, 5) is 11.4. The third-order valence-electron chi connectivity index (χ3n) is 4.01. The fourth-order valence-corrected chi connectivity index (χ4v) is 2.86. The largest absolute Gasteiger partial charge is 0.469 e. The monoisotopic (exact) mass is 379 g/mol. The molecule has 26 heavy (non-hydrogen) atoms. The Morgan fingerprint density at radius 2 is 1.92 bits per heavy atom. The van der Waals surface area contributed by atoms with Gasteiger partial charge in [-0.25, -0.2) is 4.39 Å². The summed E-state index contributed by atoms with van der Waals surface area (Å²) in [6.45, 7) is 3.79. The summed E-state index contributed by atoms with van der Waals surface area (Å²) in [5.41, 5.74) is 0.444. The molecular weight excluding hydrogens is 357 g/mol. The molecule has 0 bridgehead atoms. The topological polar surface area (TPSA) is 47.6 Å². The maximum Gasteiger partial charge on any atom is 0.307 e. The van der Waals surface area contributed by atoms with Crippen LogP contribution in [0.5, 0.6) is 11.5 Å². The molecule has 0 aliphatic heterocycles. The molecule has 4 nitrogen and oxygen atoms in total. The second kappa shape index (κ2) is 9.55. The highest BCUT2D eigenvalue weighted by molar-refractivity contribution is 6.32. The summed E-state index contributed by atoms with van der Waals surface area (Å²) in [5.74, 6) is -0.322. The second-order valence-electron chi connectivity index (χ2n) is 6.00. The van der Waals surface area contributed by atoms with E-state index in [1.54, 1.807) is 36.4 Å². The van der Waals surface area contributed by atoms with Crippen LogP contribution in [0.2, 0.25) is 5.02 Å². The molecule has 0 aliphatic carbocycles. The first-order valence-corrected chi connectivity index (χ1v) is 8.87. The predicted octanol–water partition coefficient (Wildman–Crippen LogP) is 5.26. The zero-order valence-corrected chi connectivity index (χ0v) is 15.8. The number of hydrogen-bond acceptors (Lipinski definition) is 4. The Morgan fingerprint density at radius 1 is 1.23 bits per heavy atom. The SMILES string of the molecule is CCC(NC(C)CC(=O)OC)c1ccc(Cl)c(Oc2ccccc2)c1F. The normalized spacial score (nSPS) is 13.1. The van der Waals surface area contributed by atoms with Crippen molar-refractivity contribution >= 4 is 17.6 Å². The maximum atomic E-state index is 15.1. The summed E-state index contributed by atoms with van der Waals surface area (Å²) < 4.78 is 25.4. The molecule has 140 valence electrons. The number of methoxy groups -OCH3 is 1. The molecule has 2 aromatic rings. The third-order valence-corrected chi connectivity index (χ3v) is 4.31. The first kappa shape index (κ1) is 20.2. The Labute approximate surface area is 158 Å². The van der Waals surface area contributed by atoms with E-state index < -0.39 is 5.82 Å². The van der Waals surface area contributed by atoms with Crippen molar-refractivity contribution in [2.24, 2.45) is 0 Å². The molecule has 2 aromatic carbocycles. The van der Waals surface area contributed by atoms with Gasteiger partial charge in [-0.15, -0.1) is 0 Å². The Bertz CT molecular complexity index is 739. The van der Waals surface area contributed by atoms with Gasteiger partial charge >= 0.3 is 5.97 Å². The summed E-state index contributed by atoms with van der Waals surface area (Å²) in [6.07, 6.45) is 0.838. The number of esters is 1. The van der Waals surface area contributed by atoms with E-state index in [0.717, 1.165) is 0 Å². The van der Waals surface area contributed by atoms with Crippen molar-refractivity contribution in [3.05, 3.63) is 58.9 Å². The average molecular weight is 380 g/mol. The van der Waals surface area contributed by atoms with Gasteiger partial charge in [0.25, 0.3) is 0 Å². The van der Waals surface area contributed by atoms with Crippen LogP contribution in [0.25, 0.3) is 0 Å². The van der Waals surface area contributed by atoms with Crippen molar-refractivity contribution in [1.29, 1.82) is 0 Å². The summed E-state index contributed by atoms with van der Waals surface area (Å²) in [7, 11) is 1.35. The summed E-state index contributed by atoms with van der Waals surface area (Å²) in [6, 6.07) is 11.7. The minimum atomic E-state index is -0.508. The Morgan fingerprint density at radius 3 is 2.54 bits per heavy atom. The molecule has 2 atom stereocenters. The van der Waals surface area contributed by atoms with Gasteiger partial charge in [-0.2, -0.15) is 0 Å². The molecule has 0 radical (unpaired) electrons. The lowest BCUT2D eigenvalue weighted by molar-refractivity contribution is -0.141. The van der Waals surface area contributed by atoms with Crippen LogP contribution < -0.4 is 10.1 Å². The van der Waals surface area contributed by atoms with Gasteiger partial charge in [0.2, 0.25) is 0 Å². The van der Waals surface area contributed by atoms with Gasteiger partial charge < -0.3 is 14.8 Å². The van der Waals surface area contributed by atoms with Crippen LogP contribution >= 0.6 is 11.6 Å². The van der Waals surface area contributed by atoms with Crippen LogP contribution in [0.15, 0.2) is 42.5 Å². The standard InChI is InChI=1S/C20H23ClFNO3/c1-4-17(23-13(2)12-18(24)25-3)15-10-11-16(21)20(19(15)22)26-14-8-6-5-7-9-14/h5-11,13,17,23H,4,12H2,1-3H3. The number of para-hydroxylation sites is 1. The summed E-state index contributed by atoms with van der Waals surface area (Å²) >= 11 is 6.15. The maximum absolute atomic E-state index is 15.1. The van der Waals surface area contributed by atoms with Crippen molar-refractivity contribution in [2.45, 2.75) is 38.8 Å². The van der Waals surface area contributed by atoms with Gasteiger partial charge in [0, 0.05) is 17.6 Å². The fourth-order valence-electron chi connectivity index (χ4n) is 2.68. The van der Waals surface area contributed by atoms with Crippen molar-refractivity contribution in [1.82, 2.24) is 5.32 Å². The lowest BCUT2D eigenvalue weighted by Crippen LogP contribution is -2.33. The molecule has 6 heteroatoms. The predicted molar refractivity (Wildman–Crippen MR) is 100 cm³/mol. The van der Waals surface area contributed by atoms with Crippen LogP contribution in [0.1, 0.15) is 38.3 Å². The van der Waals surface area contributed by atoms with Crippen molar-refractivity contribution in [3.8, 4) is 11.5 Å². The highest BCUT2D eigenvalue weighted by Crippen LogP contribution is 2.36. The van der Waals surface area contributed by atoms with Crippen LogP contribution in [0.4, 0.5) is 4.39 Å². The van der Waals surface area contributed by atoms with Crippen molar-refractivity contribution in [3.63, 3.8) is 0 Å². The van der Waals surface area contributed by atoms with Crippen LogP contribution in [-0.4, -0.2) is 19.1 Å². The van der Waals surface area contributed by atoms with Gasteiger partial charge in [0.05, 0.1) is 18.6 Å². The smallest absolute Gasteiger partial charge is 0.307 e. The van der Waals surface area contributed by atoms with Gasteiger partial charge in [0.15, 0.2) is 11.6 Å². The Hall–Kier alpha value is -2.11. The second-order valence-corrected chi connectivity index (χ2v) is 6.41. The highest BCUT2D eigenvalue weighted by atomic mass is 35.5. The molecule has 0 spiro atoms. The zero-order valence-electron chi connectivity index (χ0n) is 15.1. The average Bonchev–Trinajstić information content (AvgIpc) is 2.64. The van der Waals surface area contributed by atoms with Crippen LogP contribution in [0, 0.1) is 5.82 Å². The van der Waals surface area contributed by atoms with E-state index >= 15 is 4.39 Å². The number of ether oxygens (including phenoxy) is 2. The van der Waals surface area contributed by atoms with Crippen molar-refractivity contribution < 1.29 is 18.7 Å². The molecule has 0 amide bonds. The van der Waals surface area contributed by atoms with Gasteiger partial charge in [-0.1, -0.05) is 42.8 Å². The number of carbonyl (C=O) groups is 1. The van der Waals surface area contributed by atoms with Crippen LogP contribution in [-0.2, 0) is 9.53 Å². The Balaban J connectivity index is 2.24. The molecule has 1 N–H and O–H groups in total. The van der Waals surface area contributed by atoms with E-state index in [1.165, 1.54) is 7.11 Å². The molecular formula is C20H23ClFNO3. The number of carbonyl (C=O) groups excluding carboxylic acids is 1. The quantitative estimate of drug-likeness (QED) is 0.635. The fraction of sp³-hybridized carbons (Fsp3) is 0.350. The number of benzene rings is 2.